The van der Waals surface area contributed by atoms with E-state index in [1.807, 2.05) is 0 Å². The van der Waals surface area contributed by atoms with E-state index in [2.05, 4.69) is 28.2 Å². The normalized spacial score (nSPS) is 26.3. The highest BCUT2D eigenvalue weighted by molar-refractivity contribution is 9.10. The number of rotatable bonds is 3. The Morgan fingerprint density at radius 1 is 1.55 bits per heavy atom. The van der Waals surface area contributed by atoms with Crippen LogP contribution in [0.15, 0.2) is 22.7 Å². The van der Waals surface area contributed by atoms with Crippen molar-refractivity contribution in [1.29, 1.82) is 0 Å². The number of halogens is 3. The minimum atomic E-state index is -0.429. The molecule has 0 aliphatic heterocycles. The number of alkyl halides is 1. The molecule has 1 amide bonds. The average Bonchev–Trinajstić information content (AvgIpc) is 2.37. The summed E-state index contributed by atoms with van der Waals surface area (Å²) in [7, 11) is 0. The molecule has 1 aliphatic rings. The monoisotopic (exact) mass is 361 g/mol. The summed E-state index contributed by atoms with van der Waals surface area (Å²) in [5.74, 6) is 0.239. The van der Waals surface area contributed by atoms with Gasteiger partial charge in [0.25, 0.3) is 5.91 Å². The summed E-state index contributed by atoms with van der Waals surface area (Å²) in [4.78, 5) is 12.3. The third kappa shape index (κ3) is 3.73. The van der Waals surface area contributed by atoms with E-state index in [-0.39, 0.29) is 11.4 Å². The van der Waals surface area contributed by atoms with Crippen LogP contribution in [-0.4, -0.2) is 17.3 Å². The molecule has 1 saturated carbocycles. The van der Waals surface area contributed by atoms with Crippen LogP contribution in [0.2, 0.25) is 0 Å². The minimum Gasteiger partial charge on any atom is -0.345 e. The van der Waals surface area contributed by atoms with Crippen molar-refractivity contribution in [3.05, 3.63) is 34.1 Å². The molecule has 1 N–H and O–H groups in total. The molecule has 110 valence electrons. The van der Waals surface area contributed by atoms with Crippen LogP contribution in [0.3, 0.4) is 0 Å². The Balaban J connectivity index is 2.16. The number of amides is 1. The van der Waals surface area contributed by atoms with E-state index in [0.29, 0.717) is 21.8 Å². The number of nitrogens with one attached hydrogen (secondary N) is 1. The van der Waals surface area contributed by atoms with E-state index in [4.69, 9.17) is 11.6 Å². The first-order valence-electron chi connectivity index (χ1n) is 6.79. The van der Waals surface area contributed by atoms with Crippen LogP contribution in [0.5, 0.6) is 0 Å². The van der Waals surface area contributed by atoms with Gasteiger partial charge in [-0.1, -0.05) is 35.7 Å². The first kappa shape index (κ1) is 15.8. The van der Waals surface area contributed by atoms with Crippen molar-refractivity contribution in [2.75, 3.05) is 5.88 Å². The molecule has 0 heterocycles. The maximum absolute atomic E-state index is 13.4. The van der Waals surface area contributed by atoms with Crippen LogP contribution >= 0.6 is 27.5 Å². The Morgan fingerprint density at radius 3 is 2.90 bits per heavy atom. The molecule has 2 unspecified atom stereocenters. The molecule has 1 aliphatic carbocycles. The van der Waals surface area contributed by atoms with Crippen molar-refractivity contribution < 1.29 is 9.18 Å². The summed E-state index contributed by atoms with van der Waals surface area (Å²) in [6, 6.07) is 4.19. The molecule has 2 rings (SSSR count). The van der Waals surface area contributed by atoms with E-state index in [0.717, 1.165) is 19.3 Å². The highest BCUT2D eigenvalue weighted by atomic mass is 79.9. The summed E-state index contributed by atoms with van der Waals surface area (Å²) in [5, 5.41) is 3.02. The second-order valence-corrected chi connectivity index (χ2v) is 6.91. The zero-order valence-electron chi connectivity index (χ0n) is 11.4. The molecule has 1 aromatic carbocycles. The van der Waals surface area contributed by atoms with Crippen molar-refractivity contribution in [3.8, 4) is 0 Å². The number of benzene rings is 1. The van der Waals surface area contributed by atoms with Gasteiger partial charge in [-0.3, -0.25) is 4.79 Å². The number of hydrogen-bond donors (Lipinski definition) is 1. The van der Waals surface area contributed by atoms with Crippen molar-refractivity contribution in [2.45, 2.75) is 38.1 Å². The smallest absolute Gasteiger partial charge is 0.251 e. The summed E-state index contributed by atoms with van der Waals surface area (Å²) in [6.07, 6.45) is 3.98. The van der Waals surface area contributed by atoms with Gasteiger partial charge >= 0.3 is 0 Å². The molecule has 20 heavy (non-hydrogen) atoms. The third-order valence-electron chi connectivity index (χ3n) is 3.85. The van der Waals surface area contributed by atoms with Crippen molar-refractivity contribution in [1.82, 2.24) is 5.32 Å². The van der Waals surface area contributed by atoms with Gasteiger partial charge in [-0.15, -0.1) is 11.6 Å². The third-order valence-corrected chi connectivity index (χ3v) is 4.82. The molecule has 5 heteroatoms. The van der Waals surface area contributed by atoms with Crippen molar-refractivity contribution in [3.63, 3.8) is 0 Å². The van der Waals surface area contributed by atoms with E-state index in [9.17, 15) is 9.18 Å². The lowest BCUT2D eigenvalue weighted by atomic mass is 9.77. The predicted octanol–water partition coefficient (Wildman–Crippen LogP) is 4.51. The van der Waals surface area contributed by atoms with Crippen molar-refractivity contribution >= 4 is 33.4 Å². The lowest BCUT2D eigenvalue weighted by Gasteiger charge is -2.39. The Kier molecular flexibility index (Phi) is 5.08. The summed E-state index contributed by atoms with van der Waals surface area (Å²) >= 11 is 9.30. The van der Waals surface area contributed by atoms with Gasteiger partial charge < -0.3 is 5.32 Å². The van der Waals surface area contributed by atoms with Crippen LogP contribution in [0.4, 0.5) is 4.39 Å². The molecule has 2 atom stereocenters. The van der Waals surface area contributed by atoms with Gasteiger partial charge in [-0.05, 0) is 37.0 Å². The van der Waals surface area contributed by atoms with E-state index < -0.39 is 5.82 Å². The Bertz CT molecular complexity index is 490. The summed E-state index contributed by atoms with van der Waals surface area (Å²) in [5.41, 5.74) is -0.0469. The van der Waals surface area contributed by atoms with Gasteiger partial charge in [0.2, 0.25) is 0 Å². The highest BCUT2D eigenvalue weighted by Gasteiger charge is 2.35. The summed E-state index contributed by atoms with van der Waals surface area (Å²) in [6.45, 7) is 2.17. The maximum atomic E-state index is 13.4. The molecule has 0 saturated heterocycles. The van der Waals surface area contributed by atoms with Crippen LogP contribution in [0.1, 0.15) is 43.0 Å². The fourth-order valence-corrected chi connectivity index (χ4v) is 3.70. The van der Waals surface area contributed by atoms with Crippen LogP contribution in [0, 0.1) is 11.7 Å². The van der Waals surface area contributed by atoms with Crippen molar-refractivity contribution in [2.24, 2.45) is 5.92 Å². The zero-order chi connectivity index (χ0) is 14.8. The van der Waals surface area contributed by atoms with E-state index in [1.54, 1.807) is 6.07 Å². The van der Waals surface area contributed by atoms with Crippen LogP contribution in [0.25, 0.3) is 0 Å². The molecule has 0 bridgehead atoms. The van der Waals surface area contributed by atoms with Gasteiger partial charge in [0.15, 0.2) is 0 Å². The first-order chi connectivity index (χ1) is 9.44. The van der Waals surface area contributed by atoms with Gasteiger partial charge in [0.05, 0.1) is 5.54 Å². The van der Waals surface area contributed by atoms with E-state index in [1.165, 1.54) is 18.6 Å². The second kappa shape index (κ2) is 6.44. The second-order valence-electron chi connectivity index (χ2n) is 5.73. The Labute approximate surface area is 132 Å². The molecular weight excluding hydrogens is 345 g/mol. The van der Waals surface area contributed by atoms with Gasteiger partial charge in [0, 0.05) is 15.9 Å². The zero-order valence-corrected chi connectivity index (χ0v) is 13.7. The van der Waals surface area contributed by atoms with Gasteiger partial charge in [-0.2, -0.15) is 0 Å². The fraction of sp³-hybridized carbons (Fsp3) is 0.533. The van der Waals surface area contributed by atoms with Gasteiger partial charge in [0.1, 0.15) is 5.82 Å². The molecule has 1 fully saturated rings. The van der Waals surface area contributed by atoms with Crippen LogP contribution in [-0.2, 0) is 0 Å². The standard InChI is InChI=1S/C15H18BrClFNO/c1-10-3-2-4-15(8-10,9-17)19-14(20)11-5-12(16)7-13(18)6-11/h5-7,10H,2-4,8-9H2,1H3,(H,19,20). The topological polar surface area (TPSA) is 29.1 Å². The lowest BCUT2D eigenvalue weighted by molar-refractivity contribution is 0.0867. The van der Waals surface area contributed by atoms with E-state index >= 15 is 0 Å². The highest BCUT2D eigenvalue weighted by Crippen LogP contribution is 2.33. The lowest BCUT2D eigenvalue weighted by Crippen LogP contribution is -2.52. The van der Waals surface area contributed by atoms with Crippen LogP contribution < -0.4 is 5.32 Å². The molecule has 0 spiro atoms. The Morgan fingerprint density at radius 2 is 2.30 bits per heavy atom. The molecule has 2 nitrogen and oxygen atoms in total. The average molecular weight is 363 g/mol. The molecular formula is C15H18BrClFNO. The number of carbonyl (C=O) groups excluding carboxylic acids is 1. The molecule has 0 radical (unpaired) electrons. The SMILES string of the molecule is CC1CCCC(CCl)(NC(=O)c2cc(F)cc(Br)c2)C1. The number of carbonyl (C=O) groups is 1. The van der Waals surface area contributed by atoms with Gasteiger partial charge in [-0.25, -0.2) is 4.39 Å². The molecule has 0 aromatic heterocycles. The number of hydrogen-bond acceptors (Lipinski definition) is 1. The maximum Gasteiger partial charge on any atom is 0.251 e. The predicted molar refractivity (Wildman–Crippen MR) is 82.6 cm³/mol. The summed E-state index contributed by atoms with van der Waals surface area (Å²) < 4.78 is 13.9. The quantitative estimate of drug-likeness (QED) is 0.788. The largest absolute Gasteiger partial charge is 0.345 e. The molecule has 1 aromatic rings. The Hall–Kier alpha value is -0.610. The fourth-order valence-electron chi connectivity index (χ4n) is 2.93. The minimum absolute atomic E-state index is 0.264. The first-order valence-corrected chi connectivity index (χ1v) is 8.11.